The van der Waals surface area contributed by atoms with Crippen molar-refractivity contribution in [3.8, 4) is 0 Å². The molecule has 20 atom stereocenters. The van der Waals surface area contributed by atoms with Crippen molar-refractivity contribution >= 4 is 52.0 Å². The van der Waals surface area contributed by atoms with Gasteiger partial charge >= 0.3 is 0 Å². The minimum absolute atomic E-state index is 0.0431. The standard InChI is InChI=1S/C14H26O19S3.C14H24O15S2/c1-5-10(32-35(21,22)23)8(16)11(7(29-5)4-28-34(18,19)20)31-14-9(17)13(27-2)12(6(3-15)30-14)33-36(24,25)26;1-5-9(28-30(17,18)19)13-10(7(25-5)4-24-13)27-14-8(16)12(23-2)11(6(3-15)26-14)29-31(20,21)22/h5-17H,3-4H2,1-2H3,(H,18,19,20)(H,21,22,23)(H,24,25,26);5-16H,3-4H2,1-2H3,(H,17,18,19)(H,20,21,22)/p-5. The number of aliphatic hydroxyl groups is 5. The van der Waals surface area contributed by atoms with Crippen LogP contribution in [0.15, 0.2) is 0 Å². The monoisotopic (exact) mass is 1090 g/mol. The molecule has 5 N–H and O–H groups in total. The van der Waals surface area contributed by atoms with E-state index >= 15 is 0 Å². The zero-order valence-electron chi connectivity index (χ0n) is 34.5. The molecule has 0 spiro atoms. The van der Waals surface area contributed by atoms with Crippen molar-refractivity contribution in [1.82, 2.24) is 0 Å². The van der Waals surface area contributed by atoms with Crippen molar-refractivity contribution in [2.45, 2.75) is 136 Å². The average molecular weight is 1090 g/mol. The molecular weight excluding hydrogens is 1040 g/mol. The lowest BCUT2D eigenvalue weighted by Crippen LogP contribution is -2.65. The van der Waals surface area contributed by atoms with Gasteiger partial charge in [-0.3, -0.25) is 20.9 Å². The van der Waals surface area contributed by atoms with Gasteiger partial charge < -0.3 is 90.9 Å². The zero-order chi connectivity index (χ0) is 50.8. The van der Waals surface area contributed by atoms with Gasteiger partial charge in [-0.1, -0.05) is 0 Å². The summed E-state index contributed by atoms with van der Waals surface area (Å²) in [5, 5.41) is 50.9. The summed E-state index contributed by atoms with van der Waals surface area (Å²) in [6.45, 7) is -0.398. The molecule has 0 amide bonds. The first-order valence-electron chi connectivity index (χ1n) is 18.7. The predicted octanol–water partition coefficient (Wildman–Crippen LogP) is -8.88. The molecule has 5 fully saturated rings. The summed E-state index contributed by atoms with van der Waals surface area (Å²) >= 11 is 0. The van der Waals surface area contributed by atoms with Crippen LogP contribution < -0.4 is 0 Å². The molecule has 5 heterocycles. The molecular formula is C28H45O34S5-5. The highest BCUT2D eigenvalue weighted by Crippen LogP contribution is 2.38. The Morgan fingerprint density at radius 1 is 0.493 bits per heavy atom. The van der Waals surface area contributed by atoms with Crippen LogP contribution >= 0.6 is 0 Å². The van der Waals surface area contributed by atoms with E-state index in [-0.39, 0.29) is 6.61 Å². The second-order valence-corrected chi connectivity index (χ2v) is 19.7. The third kappa shape index (κ3) is 16.1. The van der Waals surface area contributed by atoms with E-state index in [0.29, 0.717) is 0 Å². The van der Waals surface area contributed by atoms with Crippen molar-refractivity contribution in [2.24, 2.45) is 0 Å². The van der Waals surface area contributed by atoms with Crippen LogP contribution in [0.3, 0.4) is 0 Å². The van der Waals surface area contributed by atoms with Crippen molar-refractivity contribution in [3.05, 3.63) is 0 Å². The van der Waals surface area contributed by atoms with E-state index in [0.717, 1.165) is 21.1 Å². The van der Waals surface area contributed by atoms with E-state index in [4.69, 9.17) is 42.6 Å². The fraction of sp³-hybridized carbons (Fsp3) is 1.00. The van der Waals surface area contributed by atoms with Gasteiger partial charge in [0.05, 0.1) is 38.6 Å². The molecule has 39 heteroatoms. The SMILES string of the molecule is COC1C(O)C(OC2C(COS(=O)(=O)[O-])OC(C)C(OS(=O)(=O)[O-])C2O)OC(CO)C1OS(=O)(=O)[O-].COC1C(O)C(OC2C3COC2C(OS(=O)(=O)[O-])C(C)O3)OC(CO)C1OS(=O)(=O)[O-]. The van der Waals surface area contributed by atoms with Crippen LogP contribution in [0.1, 0.15) is 13.8 Å². The Bertz CT molecular complexity index is 2180. The van der Waals surface area contributed by atoms with Gasteiger partial charge in [0, 0.05) is 14.2 Å². The van der Waals surface area contributed by atoms with E-state index < -0.39 is 194 Å². The maximum Gasteiger partial charge on any atom is 0.218 e. The molecule has 5 aliphatic heterocycles. The number of fused-ring (bicyclic) bond motifs is 2. The van der Waals surface area contributed by atoms with Crippen molar-refractivity contribution in [2.75, 3.05) is 40.6 Å². The largest absolute Gasteiger partial charge is 0.726 e. The number of rotatable bonds is 19. The average Bonchev–Trinajstić information content (AvgIpc) is 3.48. The summed E-state index contributed by atoms with van der Waals surface area (Å²) in [6, 6.07) is 0. The molecule has 5 rings (SSSR count). The quantitative estimate of drug-likeness (QED) is 0.0592. The van der Waals surface area contributed by atoms with Gasteiger partial charge in [-0.05, 0) is 13.8 Å². The van der Waals surface area contributed by atoms with Crippen LogP contribution in [0.4, 0.5) is 0 Å². The normalized spacial score (nSPS) is 41.0. The first-order chi connectivity index (χ1) is 30.7. The fourth-order valence-electron chi connectivity index (χ4n) is 7.56. The Labute approximate surface area is 381 Å². The van der Waals surface area contributed by atoms with Crippen LogP contribution in [-0.4, -0.2) is 253 Å². The summed E-state index contributed by atoms with van der Waals surface area (Å²) in [5.74, 6) is 0. The molecule has 5 saturated heterocycles. The Morgan fingerprint density at radius 3 is 1.30 bits per heavy atom. The van der Waals surface area contributed by atoms with E-state index in [1.807, 2.05) is 0 Å². The molecule has 0 aromatic heterocycles. The first-order valence-corrected chi connectivity index (χ1v) is 25.4. The van der Waals surface area contributed by atoms with Gasteiger partial charge in [-0.15, -0.1) is 0 Å². The van der Waals surface area contributed by atoms with Gasteiger partial charge in [0.2, 0.25) is 52.0 Å². The molecule has 67 heavy (non-hydrogen) atoms. The van der Waals surface area contributed by atoms with Crippen LogP contribution in [-0.2, 0) is 116 Å². The molecule has 34 nitrogen and oxygen atoms in total. The molecule has 0 radical (unpaired) electrons. The van der Waals surface area contributed by atoms with E-state index in [1.165, 1.54) is 6.92 Å². The van der Waals surface area contributed by atoms with Crippen LogP contribution in [0.5, 0.6) is 0 Å². The summed E-state index contributed by atoms with van der Waals surface area (Å²) < 4.78 is 235. The number of ether oxygens (including phenoxy) is 9. The Kier molecular flexibility index (Phi) is 20.1. The summed E-state index contributed by atoms with van der Waals surface area (Å²) in [5.41, 5.74) is 0. The summed E-state index contributed by atoms with van der Waals surface area (Å²) in [7, 11) is -24.4. The topological polar surface area (TPSA) is 516 Å². The van der Waals surface area contributed by atoms with Crippen molar-refractivity contribution < 1.29 is 154 Å². The molecule has 20 unspecified atom stereocenters. The van der Waals surface area contributed by atoms with Gasteiger partial charge in [0.1, 0.15) is 97.7 Å². The second kappa shape index (κ2) is 23.1. The number of methoxy groups -OCH3 is 2. The van der Waals surface area contributed by atoms with Gasteiger partial charge in [0.15, 0.2) is 12.6 Å². The third-order valence-corrected chi connectivity index (χ3v) is 12.5. The number of hydrogen-bond donors (Lipinski definition) is 5. The van der Waals surface area contributed by atoms with Crippen LogP contribution in [0.2, 0.25) is 0 Å². The maximum absolute atomic E-state index is 11.1. The summed E-state index contributed by atoms with van der Waals surface area (Å²) in [6.07, 6.45) is -31.3. The predicted molar refractivity (Wildman–Crippen MR) is 193 cm³/mol. The van der Waals surface area contributed by atoms with Crippen LogP contribution in [0.25, 0.3) is 0 Å². The molecule has 0 aliphatic carbocycles. The smallest absolute Gasteiger partial charge is 0.218 e. The lowest BCUT2D eigenvalue weighted by Gasteiger charge is -2.47. The third-order valence-electron chi connectivity index (χ3n) is 10.2. The minimum atomic E-state index is -5.42. The molecule has 5 aliphatic rings. The highest BCUT2D eigenvalue weighted by Gasteiger charge is 2.57. The molecule has 0 saturated carbocycles. The van der Waals surface area contributed by atoms with E-state index in [2.05, 4.69) is 20.9 Å². The highest BCUT2D eigenvalue weighted by atomic mass is 32.3. The number of aliphatic hydroxyl groups excluding tert-OH is 5. The fourth-order valence-corrected chi connectivity index (χ4v) is 9.96. The highest BCUT2D eigenvalue weighted by molar-refractivity contribution is 7.81. The molecule has 0 aromatic carbocycles. The Hall–Kier alpha value is -1.21. The molecule has 396 valence electrons. The van der Waals surface area contributed by atoms with Gasteiger partial charge in [0.25, 0.3) is 0 Å². The van der Waals surface area contributed by atoms with Gasteiger partial charge in [-0.25, -0.2) is 42.1 Å². The molecule has 0 aromatic rings. The van der Waals surface area contributed by atoms with E-state index in [1.54, 1.807) is 0 Å². The molecule has 2 bridgehead atoms. The minimum Gasteiger partial charge on any atom is -0.726 e. The van der Waals surface area contributed by atoms with Gasteiger partial charge in [-0.2, -0.15) is 0 Å². The van der Waals surface area contributed by atoms with E-state index in [9.17, 15) is 90.4 Å². The van der Waals surface area contributed by atoms with Crippen molar-refractivity contribution in [1.29, 1.82) is 0 Å². The lowest BCUT2D eigenvalue weighted by atomic mass is 9.95. The lowest BCUT2D eigenvalue weighted by molar-refractivity contribution is -0.339. The Balaban J connectivity index is 0.000000295. The van der Waals surface area contributed by atoms with Crippen LogP contribution in [0, 0.1) is 0 Å². The first kappa shape index (κ1) is 58.4. The summed E-state index contributed by atoms with van der Waals surface area (Å²) in [4.78, 5) is 0. The van der Waals surface area contributed by atoms with Crippen molar-refractivity contribution in [3.63, 3.8) is 0 Å². The maximum atomic E-state index is 11.1. The second-order valence-electron chi connectivity index (χ2n) is 14.7. The zero-order valence-corrected chi connectivity index (χ0v) is 38.6. The Morgan fingerprint density at radius 2 is 0.896 bits per heavy atom. The number of hydrogen-bond acceptors (Lipinski definition) is 34.